The lowest BCUT2D eigenvalue weighted by Gasteiger charge is -2.09. The lowest BCUT2D eigenvalue weighted by Crippen LogP contribution is -2.22. The third-order valence-electron chi connectivity index (χ3n) is 2.05. The summed E-state index contributed by atoms with van der Waals surface area (Å²) in [6, 6.07) is 0. The molecule has 1 fully saturated rings. The van der Waals surface area contributed by atoms with Gasteiger partial charge in [0.1, 0.15) is 0 Å². The number of ether oxygens (including phenoxy) is 1. The van der Waals surface area contributed by atoms with Crippen LogP contribution in [-0.4, -0.2) is 38.5 Å². The molecule has 0 bridgehead atoms. The minimum Gasteiger partial charge on any atom is -0.377 e. The molecular formula is C8H15ClO3S. The summed E-state index contributed by atoms with van der Waals surface area (Å²) in [6.45, 7) is 0.704. The Morgan fingerprint density at radius 3 is 2.77 bits per heavy atom. The van der Waals surface area contributed by atoms with Crippen molar-refractivity contribution in [2.75, 3.05) is 24.0 Å². The molecule has 1 atom stereocenters. The molecule has 1 heterocycles. The second-order valence-corrected chi connectivity index (χ2v) is 5.90. The number of hydrogen-bond acceptors (Lipinski definition) is 3. The van der Waals surface area contributed by atoms with E-state index in [4.69, 9.17) is 16.3 Å². The van der Waals surface area contributed by atoms with E-state index in [1.807, 2.05) is 0 Å². The van der Waals surface area contributed by atoms with E-state index in [9.17, 15) is 8.42 Å². The predicted octanol–water partition coefficient (Wildman–Crippen LogP) is 1.21. The zero-order valence-corrected chi connectivity index (χ0v) is 9.11. The second-order valence-electron chi connectivity index (χ2n) is 3.29. The Morgan fingerprint density at radius 2 is 2.23 bits per heavy atom. The Bertz CT molecular complexity index is 232. The van der Waals surface area contributed by atoms with Crippen molar-refractivity contribution < 1.29 is 13.2 Å². The normalized spacial score (nSPS) is 23.6. The van der Waals surface area contributed by atoms with Crippen LogP contribution in [0.15, 0.2) is 0 Å². The molecule has 0 amide bonds. The largest absolute Gasteiger partial charge is 0.377 e. The summed E-state index contributed by atoms with van der Waals surface area (Å²) in [7, 11) is -2.94. The molecule has 0 saturated carbocycles. The van der Waals surface area contributed by atoms with Crippen molar-refractivity contribution in [2.45, 2.75) is 25.4 Å². The van der Waals surface area contributed by atoms with Crippen LogP contribution in [0.4, 0.5) is 0 Å². The molecule has 1 rings (SSSR count). The standard InChI is InChI=1S/C8H15ClO3S/c9-4-2-6-13(10,11)7-8-3-1-5-12-8/h8H,1-7H2. The minimum absolute atomic E-state index is 0.0691. The summed E-state index contributed by atoms with van der Waals surface area (Å²) in [5.41, 5.74) is 0. The van der Waals surface area contributed by atoms with Gasteiger partial charge in [0, 0.05) is 12.5 Å². The van der Waals surface area contributed by atoms with Gasteiger partial charge in [0.2, 0.25) is 0 Å². The van der Waals surface area contributed by atoms with Gasteiger partial charge in [0.25, 0.3) is 0 Å². The molecule has 0 aromatic rings. The molecule has 1 aliphatic heterocycles. The SMILES string of the molecule is O=S(=O)(CCCCl)CC1CCCO1. The summed E-state index contributed by atoms with van der Waals surface area (Å²) in [6.07, 6.45) is 2.33. The van der Waals surface area contributed by atoms with Crippen molar-refractivity contribution in [3.63, 3.8) is 0 Å². The molecule has 0 radical (unpaired) electrons. The van der Waals surface area contributed by atoms with Gasteiger partial charge in [-0.05, 0) is 19.3 Å². The molecule has 0 aromatic carbocycles. The van der Waals surface area contributed by atoms with Crippen LogP contribution >= 0.6 is 11.6 Å². The molecule has 0 spiro atoms. The highest BCUT2D eigenvalue weighted by Crippen LogP contribution is 2.14. The average Bonchev–Trinajstić information content (AvgIpc) is 2.52. The molecule has 0 N–H and O–H groups in total. The molecule has 5 heteroatoms. The van der Waals surface area contributed by atoms with Crippen LogP contribution in [0.3, 0.4) is 0 Å². The molecule has 0 aromatic heterocycles. The van der Waals surface area contributed by atoms with Gasteiger partial charge in [-0.25, -0.2) is 8.42 Å². The first-order valence-corrected chi connectivity index (χ1v) is 6.87. The van der Waals surface area contributed by atoms with E-state index in [1.54, 1.807) is 0 Å². The predicted molar refractivity (Wildman–Crippen MR) is 53.0 cm³/mol. The first kappa shape index (κ1) is 11.3. The number of sulfone groups is 1. The van der Waals surface area contributed by atoms with Gasteiger partial charge in [-0.15, -0.1) is 11.6 Å². The fourth-order valence-electron chi connectivity index (χ4n) is 1.42. The van der Waals surface area contributed by atoms with Crippen molar-refractivity contribution in [3.05, 3.63) is 0 Å². The van der Waals surface area contributed by atoms with Crippen molar-refractivity contribution in [3.8, 4) is 0 Å². The van der Waals surface area contributed by atoms with Gasteiger partial charge in [-0.1, -0.05) is 0 Å². The van der Waals surface area contributed by atoms with Gasteiger partial charge < -0.3 is 4.74 Å². The fraction of sp³-hybridized carbons (Fsp3) is 1.00. The molecular weight excluding hydrogens is 212 g/mol. The molecule has 1 unspecified atom stereocenters. The Morgan fingerprint density at radius 1 is 1.46 bits per heavy atom. The van der Waals surface area contributed by atoms with Crippen LogP contribution < -0.4 is 0 Å². The third-order valence-corrected chi connectivity index (χ3v) is 4.11. The lowest BCUT2D eigenvalue weighted by molar-refractivity contribution is 0.127. The van der Waals surface area contributed by atoms with E-state index in [0.29, 0.717) is 18.9 Å². The summed E-state index contributed by atoms with van der Waals surface area (Å²) in [4.78, 5) is 0. The Kier molecular flexibility index (Phi) is 4.49. The smallest absolute Gasteiger partial charge is 0.152 e. The van der Waals surface area contributed by atoms with Crippen LogP contribution in [0, 0.1) is 0 Å². The molecule has 1 aliphatic rings. The first-order chi connectivity index (χ1) is 6.14. The van der Waals surface area contributed by atoms with Crippen LogP contribution in [0.5, 0.6) is 0 Å². The maximum absolute atomic E-state index is 11.4. The van der Waals surface area contributed by atoms with E-state index in [1.165, 1.54) is 0 Å². The second kappa shape index (κ2) is 5.17. The van der Waals surface area contributed by atoms with Crippen LogP contribution in [0.25, 0.3) is 0 Å². The fourth-order valence-corrected chi connectivity index (χ4v) is 3.29. The van der Waals surface area contributed by atoms with Gasteiger partial charge in [-0.3, -0.25) is 0 Å². The zero-order chi connectivity index (χ0) is 9.73. The van der Waals surface area contributed by atoms with Gasteiger partial charge in [-0.2, -0.15) is 0 Å². The summed E-state index contributed by atoms with van der Waals surface area (Å²) < 4.78 is 28.1. The summed E-state index contributed by atoms with van der Waals surface area (Å²) in [5.74, 6) is 0.769. The molecule has 0 aliphatic carbocycles. The highest BCUT2D eigenvalue weighted by atomic mass is 35.5. The van der Waals surface area contributed by atoms with Crippen molar-refractivity contribution in [1.82, 2.24) is 0 Å². The van der Waals surface area contributed by atoms with Crippen LogP contribution in [-0.2, 0) is 14.6 Å². The highest BCUT2D eigenvalue weighted by molar-refractivity contribution is 7.91. The molecule has 3 nitrogen and oxygen atoms in total. The Balaban J connectivity index is 2.32. The number of hydrogen-bond donors (Lipinski definition) is 0. The summed E-state index contributed by atoms with van der Waals surface area (Å²) in [5, 5.41) is 0. The zero-order valence-electron chi connectivity index (χ0n) is 7.54. The maximum Gasteiger partial charge on any atom is 0.152 e. The van der Waals surface area contributed by atoms with E-state index in [-0.39, 0.29) is 17.6 Å². The van der Waals surface area contributed by atoms with Gasteiger partial charge >= 0.3 is 0 Å². The highest BCUT2D eigenvalue weighted by Gasteiger charge is 2.22. The lowest BCUT2D eigenvalue weighted by atomic mass is 10.3. The van der Waals surface area contributed by atoms with Crippen LogP contribution in [0.2, 0.25) is 0 Å². The molecule has 78 valence electrons. The molecule has 1 saturated heterocycles. The van der Waals surface area contributed by atoms with E-state index < -0.39 is 9.84 Å². The van der Waals surface area contributed by atoms with Crippen molar-refractivity contribution in [2.24, 2.45) is 0 Å². The van der Waals surface area contributed by atoms with E-state index >= 15 is 0 Å². The topological polar surface area (TPSA) is 43.4 Å². The number of halogens is 1. The van der Waals surface area contributed by atoms with Crippen LogP contribution in [0.1, 0.15) is 19.3 Å². The number of rotatable bonds is 5. The average molecular weight is 227 g/mol. The number of alkyl halides is 1. The Labute approximate surface area is 84.3 Å². The molecule has 13 heavy (non-hydrogen) atoms. The quantitative estimate of drug-likeness (QED) is 0.662. The summed E-state index contributed by atoms with van der Waals surface area (Å²) >= 11 is 5.43. The third kappa shape index (κ3) is 4.29. The van der Waals surface area contributed by atoms with Crippen molar-refractivity contribution in [1.29, 1.82) is 0 Å². The van der Waals surface area contributed by atoms with E-state index in [0.717, 1.165) is 12.8 Å². The monoisotopic (exact) mass is 226 g/mol. The maximum atomic E-state index is 11.4. The minimum atomic E-state index is -2.94. The van der Waals surface area contributed by atoms with Gasteiger partial charge in [0.05, 0.1) is 17.6 Å². The van der Waals surface area contributed by atoms with Crippen molar-refractivity contribution >= 4 is 21.4 Å². The first-order valence-electron chi connectivity index (χ1n) is 4.52. The van der Waals surface area contributed by atoms with Gasteiger partial charge in [0.15, 0.2) is 9.84 Å². The van der Waals surface area contributed by atoms with E-state index in [2.05, 4.69) is 0 Å². The Hall–Kier alpha value is 0.200.